The van der Waals surface area contributed by atoms with Crippen molar-refractivity contribution in [2.45, 2.75) is 6.92 Å². The Bertz CT molecular complexity index is 273. The molecular weight excluding hydrogens is 144 g/mol. The molecule has 4 nitrogen and oxygen atoms in total. The van der Waals surface area contributed by atoms with Crippen molar-refractivity contribution < 1.29 is 9.53 Å². The second-order valence-electron chi connectivity index (χ2n) is 2.05. The molecule has 0 aliphatic rings. The molecule has 1 aromatic rings. The number of hydrogen-bond donors (Lipinski definition) is 1. The highest BCUT2D eigenvalue weighted by molar-refractivity contribution is 5.67. The van der Waals surface area contributed by atoms with Crippen LogP contribution in [0.3, 0.4) is 0 Å². The molecule has 1 rings (SSSR count). The van der Waals surface area contributed by atoms with Gasteiger partial charge in [0, 0.05) is 11.8 Å². The van der Waals surface area contributed by atoms with Crippen LogP contribution in [0.25, 0.3) is 0 Å². The first-order chi connectivity index (χ1) is 5.20. The summed E-state index contributed by atoms with van der Waals surface area (Å²) in [6, 6.07) is 3.54. The van der Waals surface area contributed by atoms with Crippen LogP contribution in [0.5, 0.6) is 5.88 Å². The van der Waals surface area contributed by atoms with E-state index < -0.39 is 6.09 Å². The Morgan fingerprint density at radius 2 is 2.45 bits per heavy atom. The van der Waals surface area contributed by atoms with Crippen molar-refractivity contribution in [2.75, 3.05) is 0 Å². The van der Waals surface area contributed by atoms with E-state index in [0.717, 1.165) is 5.56 Å². The molecule has 11 heavy (non-hydrogen) atoms. The number of nitrogens with zero attached hydrogens (tertiary/aromatic N) is 1. The minimum absolute atomic E-state index is 0.264. The van der Waals surface area contributed by atoms with Crippen LogP contribution in [0.1, 0.15) is 5.56 Å². The molecule has 0 aliphatic heterocycles. The molecule has 0 spiro atoms. The topological polar surface area (TPSA) is 65.2 Å². The van der Waals surface area contributed by atoms with Crippen molar-refractivity contribution in [3.05, 3.63) is 23.9 Å². The van der Waals surface area contributed by atoms with Crippen LogP contribution in [-0.2, 0) is 0 Å². The highest BCUT2D eigenvalue weighted by Crippen LogP contribution is 2.11. The van der Waals surface area contributed by atoms with Gasteiger partial charge < -0.3 is 10.5 Å². The van der Waals surface area contributed by atoms with E-state index >= 15 is 0 Å². The summed E-state index contributed by atoms with van der Waals surface area (Å²) in [5.74, 6) is 0.264. The Balaban J connectivity index is 2.86. The van der Waals surface area contributed by atoms with Crippen molar-refractivity contribution in [1.29, 1.82) is 0 Å². The highest BCUT2D eigenvalue weighted by Gasteiger charge is 2.01. The van der Waals surface area contributed by atoms with Crippen LogP contribution in [0.15, 0.2) is 18.3 Å². The number of amides is 1. The number of rotatable bonds is 1. The third-order valence-electron chi connectivity index (χ3n) is 1.16. The normalized spacial score (nSPS) is 9.18. The van der Waals surface area contributed by atoms with Gasteiger partial charge in [-0.25, -0.2) is 9.78 Å². The Kier molecular flexibility index (Phi) is 2.06. The molecule has 2 N–H and O–H groups in total. The number of nitrogens with two attached hydrogens (primary N) is 1. The smallest absolute Gasteiger partial charge is 0.391 e. The van der Waals surface area contributed by atoms with E-state index in [9.17, 15) is 4.79 Å². The number of primary amides is 1. The predicted octanol–water partition coefficient (Wildman–Crippen LogP) is 0.848. The summed E-state index contributed by atoms with van der Waals surface area (Å²) in [6.45, 7) is 1.78. The second-order valence-corrected chi connectivity index (χ2v) is 2.05. The Hall–Kier alpha value is -1.58. The lowest BCUT2D eigenvalue weighted by Crippen LogP contribution is -2.17. The largest absolute Gasteiger partial charge is 0.411 e. The molecule has 58 valence electrons. The molecule has 0 saturated heterocycles. The van der Waals surface area contributed by atoms with Gasteiger partial charge in [-0.15, -0.1) is 0 Å². The lowest BCUT2D eigenvalue weighted by Gasteiger charge is -2.00. The lowest BCUT2D eigenvalue weighted by atomic mass is 10.3. The first-order valence-electron chi connectivity index (χ1n) is 3.09. The average Bonchev–Trinajstić information content (AvgIpc) is 1.93. The van der Waals surface area contributed by atoms with E-state index in [4.69, 9.17) is 5.73 Å². The zero-order valence-electron chi connectivity index (χ0n) is 6.07. The number of pyridine rings is 1. The van der Waals surface area contributed by atoms with E-state index in [1.807, 2.05) is 0 Å². The molecule has 1 heterocycles. The molecule has 0 radical (unpaired) electrons. The number of ether oxygens (including phenoxy) is 1. The molecule has 0 fully saturated rings. The van der Waals surface area contributed by atoms with Crippen LogP contribution >= 0.6 is 0 Å². The van der Waals surface area contributed by atoms with Gasteiger partial charge in [-0.1, -0.05) is 6.07 Å². The molecule has 0 bridgehead atoms. The molecule has 0 atom stereocenters. The maximum atomic E-state index is 10.3. The minimum atomic E-state index is -0.841. The molecule has 1 aromatic heterocycles. The van der Waals surface area contributed by atoms with Crippen LogP contribution in [0.2, 0.25) is 0 Å². The highest BCUT2D eigenvalue weighted by atomic mass is 16.6. The Labute approximate surface area is 64.0 Å². The van der Waals surface area contributed by atoms with Gasteiger partial charge in [0.05, 0.1) is 0 Å². The van der Waals surface area contributed by atoms with Gasteiger partial charge >= 0.3 is 6.09 Å². The fourth-order valence-electron chi connectivity index (χ4n) is 0.673. The van der Waals surface area contributed by atoms with Crippen molar-refractivity contribution in [3.8, 4) is 5.88 Å². The SMILES string of the molecule is Cc1cccnc1OC(N)=O. The van der Waals surface area contributed by atoms with Crippen molar-refractivity contribution in [1.82, 2.24) is 4.98 Å². The van der Waals surface area contributed by atoms with Crippen molar-refractivity contribution in [2.24, 2.45) is 5.73 Å². The molecule has 1 amide bonds. The van der Waals surface area contributed by atoms with E-state index in [1.54, 1.807) is 19.1 Å². The zero-order chi connectivity index (χ0) is 8.27. The van der Waals surface area contributed by atoms with Gasteiger partial charge in [0.25, 0.3) is 0 Å². The first-order valence-corrected chi connectivity index (χ1v) is 3.09. The number of aryl methyl sites for hydroxylation is 1. The van der Waals surface area contributed by atoms with E-state index in [2.05, 4.69) is 9.72 Å². The molecule has 0 aromatic carbocycles. The van der Waals surface area contributed by atoms with Gasteiger partial charge in [0.2, 0.25) is 5.88 Å². The van der Waals surface area contributed by atoms with E-state index in [0.29, 0.717) is 0 Å². The summed E-state index contributed by atoms with van der Waals surface area (Å²) < 4.78 is 4.57. The molecule has 0 aliphatic carbocycles. The fraction of sp³-hybridized carbons (Fsp3) is 0.143. The summed E-state index contributed by atoms with van der Waals surface area (Å²) in [5.41, 5.74) is 5.58. The van der Waals surface area contributed by atoms with Gasteiger partial charge in [0.1, 0.15) is 0 Å². The molecular formula is C7H8N2O2. The Morgan fingerprint density at radius 3 is 3.00 bits per heavy atom. The van der Waals surface area contributed by atoms with Crippen LogP contribution < -0.4 is 10.5 Å². The van der Waals surface area contributed by atoms with Gasteiger partial charge in [0.15, 0.2) is 0 Å². The van der Waals surface area contributed by atoms with Crippen LogP contribution in [-0.4, -0.2) is 11.1 Å². The zero-order valence-corrected chi connectivity index (χ0v) is 6.07. The summed E-state index contributed by atoms with van der Waals surface area (Å²) >= 11 is 0. The molecule has 0 saturated carbocycles. The third kappa shape index (κ3) is 1.93. The quantitative estimate of drug-likeness (QED) is 0.648. The average molecular weight is 152 g/mol. The van der Waals surface area contributed by atoms with Gasteiger partial charge in [-0.05, 0) is 13.0 Å². The van der Waals surface area contributed by atoms with Gasteiger partial charge in [-0.3, -0.25) is 0 Å². The van der Waals surface area contributed by atoms with Crippen LogP contribution in [0, 0.1) is 6.92 Å². The first kappa shape index (κ1) is 7.53. The Morgan fingerprint density at radius 1 is 1.73 bits per heavy atom. The summed E-state index contributed by atoms with van der Waals surface area (Å²) in [5, 5.41) is 0. The second kappa shape index (κ2) is 3.01. The number of carbonyl (C=O) groups excluding carboxylic acids is 1. The summed E-state index contributed by atoms with van der Waals surface area (Å²) in [4.78, 5) is 14.1. The standard InChI is InChI=1S/C7H8N2O2/c1-5-3-2-4-9-6(5)11-7(8)10/h2-4H,1H3,(H2,8,10). The van der Waals surface area contributed by atoms with E-state index in [-0.39, 0.29) is 5.88 Å². The van der Waals surface area contributed by atoms with Crippen molar-refractivity contribution in [3.63, 3.8) is 0 Å². The maximum Gasteiger partial charge on any atom is 0.411 e. The monoisotopic (exact) mass is 152 g/mol. The maximum absolute atomic E-state index is 10.3. The number of carbonyl (C=O) groups is 1. The molecule has 4 heteroatoms. The molecule has 0 unspecified atom stereocenters. The van der Waals surface area contributed by atoms with Crippen LogP contribution in [0.4, 0.5) is 4.79 Å². The van der Waals surface area contributed by atoms with Gasteiger partial charge in [-0.2, -0.15) is 0 Å². The van der Waals surface area contributed by atoms with E-state index in [1.165, 1.54) is 6.20 Å². The lowest BCUT2D eigenvalue weighted by molar-refractivity contribution is 0.208. The van der Waals surface area contributed by atoms with Crippen molar-refractivity contribution >= 4 is 6.09 Å². The number of aromatic nitrogens is 1. The fourth-order valence-corrected chi connectivity index (χ4v) is 0.673. The third-order valence-corrected chi connectivity index (χ3v) is 1.16. The summed E-state index contributed by atoms with van der Waals surface area (Å²) in [6.07, 6.45) is 0.692. The predicted molar refractivity (Wildman–Crippen MR) is 39.2 cm³/mol. The number of hydrogen-bond acceptors (Lipinski definition) is 3. The summed E-state index contributed by atoms with van der Waals surface area (Å²) in [7, 11) is 0. The minimum Gasteiger partial charge on any atom is -0.391 e.